The quantitative estimate of drug-likeness (QED) is 0.0640. The van der Waals surface area contributed by atoms with Gasteiger partial charge in [0.25, 0.3) is 0 Å². The van der Waals surface area contributed by atoms with Crippen molar-refractivity contribution in [1.29, 1.82) is 0 Å². The Bertz CT molecular complexity index is 1590. The van der Waals surface area contributed by atoms with E-state index in [0.29, 0.717) is 24.5 Å². The van der Waals surface area contributed by atoms with Crippen molar-refractivity contribution >= 4 is 47.6 Å². The summed E-state index contributed by atoms with van der Waals surface area (Å²) in [5, 5.41) is 53.7. The van der Waals surface area contributed by atoms with E-state index in [1.54, 1.807) is 24.5 Å². The first-order valence-corrected chi connectivity index (χ1v) is 16.6. The summed E-state index contributed by atoms with van der Waals surface area (Å²) >= 11 is 0. The summed E-state index contributed by atoms with van der Waals surface area (Å²) in [6.45, 7) is 0.843. The summed E-state index contributed by atoms with van der Waals surface area (Å²) in [4.78, 5) is 94.7. The first-order chi connectivity index (χ1) is 25.1. The Morgan fingerprint density at radius 1 is 0.660 bits per heavy atom. The number of amides is 3. The van der Waals surface area contributed by atoms with E-state index in [1.165, 1.54) is 0 Å². The van der Waals surface area contributed by atoms with Crippen LogP contribution in [0.5, 0.6) is 5.75 Å². The molecule has 3 amide bonds. The second-order valence-electron chi connectivity index (χ2n) is 12.0. The summed E-state index contributed by atoms with van der Waals surface area (Å²) < 4.78 is 11.0. The highest BCUT2D eigenvalue weighted by molar-refractivity contribution is 5.87. The third kappa shape index (κ3) is 16.3. The fraction of sp³-hybridized carbons (Fsp3) is 0.471. The van der Waals surface area contributed by atoms with Crippen LogP contribution in [0.3, 0.4) is 0 Å². The lowest BCUT2D eigenvalue weighted by Crippen LogP contribution is -2.44. The van der Waals surface area contributed by atoms with Gasteiger partial charge < -0.3 is 56.4 Å². The summed E-state index contributed by atoms with van der Waals surface area (Å²) in [5.41, 5.74) is 7.27. The molecule has 290 valence electrons. The molecule has 0 fully saturated rings. The highest BCUT2D eigenvalue weighted by Gasteiger charge is 2.34. The molecular weight excluding hydrogens is 704 g/mol. The molecule has 19 nitrogen and oxygen atoms in total. The van der Waals surface area contributed by atoms with Crippen LogP contribution in [0.2, 0.25) is 0 Å². The zero-order valence-electron chi connectivity index (χ0n) is 28.7. The molecular formula is C34H44N4O15. The molecule has 1 aromatic heterocycles. The summed E-state index contributed by atoms with van der Waals surface area (Å²) in [5.74, 6) is -11.7. The highest BCUT2D eigenvalue weighted by Crippen LogP contribution is 2.24. The van der Waals surface area contributed by atoms with Crippen molar-refractivity contribution in [2.45, 2.75) is 83.0 Å². The number of ether oxygens (including phenoxy) is 1. The van der Waals surface area contributed by atoms with Crippen LogP contribution in [0.4, 0.5) is 0 Å². The molecule has 0 unspecified atom stereocenters. The van der Waals surface area contributed by atoms with E-state index in [4.69, 9.17) is 20.0 Å². The molecule has 0 aliphatic rings. The molecule has 19 heteroatoms. The first-order valence-electron chi connectivity index (χ1n) is 16.6. The fourth-order valence-electron chi connectivity index (χ4n) is 5.12. The molecule has 0 aliphatic carbocycles. The number of carbonyl (C=O) groups excluding carboxylic acids is 3. The van der Waals surface area contributed by atoms with Crippen LogP contribution in [-0.4, -0.2) is 91.7 Å². The molecule has 0 saturated carbocycles. The van der Waals surface area contributed by atoms with E-state index in [2.05, 4.69) is 16.0 Å². The Morgan fingerprint density at radius 2 is 1.17 bits per heavy atom. The predicted octanol–water partition coefficient (Wildman–Crippen LogP) is 0.722. The first kappa shape index (κ1) is 43.2. The van der Waals surface area contributed by atoms with Crippen molar-refractivity contribution in [3.63, 3.8) is 0 Å². The van der Waals surface area contributed by atoms with Gasteiger partial charge in [0.1, 0.15) is 30.2 Å². The molecule has 1 aromatic carbocycles. The number of carboxylic acids is 5. The molecule has 0 spiro atoms. The minimum Gasteiger partial charge on any atom is -0.489 e. The molecule has 0 saturated heterocycles. The Labute approximate surface area is 302 Å². The van der Waals surface area contributed by atoms with Gasteiger partial charge >= 0.3 is 29.8 Å². The number of furan rings is 1. The predicted molar refractivity (Wildman–Crippen MR) is 180 cm³/mol. The van der Waals surface area contributed by atoms with E-state index in [0.717, 1.165) is 11.1 Å². The van der Waals surface area contributed by atoms with Crippen LogP contribution >= 0.6 is 0 Å². The van der Waals surface area contributed by atoms with Gasteiger partial charge in [-0.05, 0) is 55.9 Å². The molecule has 0 aliphatic heterocycles. The van der Waals surface area contributed by atoms with E-state index in [-0.39, 0.29) is 25.9 Å². The number of carboxylic acid groups (broad SMARTS) is 5. The third-order valence-corrected chi connectivity index (χ3v) is 8.03. The van der Waals surface area contributed by atoms with Crippen LogP contribution in [0.25, 0.3) is 0 Å². The van der Waals surface area contributed by atoms with Gasteiger partial charge in [0, 0.05) is 37.8 Å². The van der Waals surface area contributed by atoms with E-state index in [9.17, 15) is 58.8 Å². The Morgan fingerprint density at radius 3 is 1.64 bits per heavy atom. The van der Waals surface area contributed by atoms with Gasteiger partial charge in [-0.25, -0.2) is 9.59 Å². The number of nitrogens with two attached hydrogens (primary N) is 1. The molecule has 53 heavy (non-hydrogen) atoms. The lowest BCUT2D eigenvalue weighted by atomic mass is 9.85. The van der Waals surface area contributed by atoms with Crippen molar-refractivity contribution in [2.24, 2.45) is 17.6 Å². The average molecular weight is 749 g/mol. The van der Waals surface area contributed by atoms with Gasteiger partial charge in [0.2, 0.25) is 17.7 Å². The van der Waals surface area contributed by atoms with Crippen molar-refractivity contribution in [1.82, 2.24) is 16.0 Å². The van der Waals surface area contributed by atoms with E-state index < -0.39 is 110 Å². The summed E-state index contributed by atoms with van der Waals surface area (Å²) in [6.07, 6.45) is -1.76. The highest BCUT2D eigenvalue weighted by atomic mass is 16.5. The van der Waals surface area contributed by atoms with Crippen molar-refractivity contribution in [3.05, 3.63) is 53.5 Å². The smallest absolute Gasteiger partial charge is 0.326 e. The molecule has 10 N–H and O–H groups in total. The minimum atomic E-state index is -1.64. The minimum absolute atomic E-state index is 0.242. The topological polar surface area (TPSA) is 322 Å². The zero-order valence-corrected chi connectivity index (χ0v) is 28.7. The third-order valence-electron chi connectivity index (χ3n) is 8.03. The van der Waals surface area contributed by atoms with Crippen molar-refractivity contribution in [2.75, 3.05) is 6.54 Å². The van der Waals surface area contributed by atoms with Crippen LogP contribution in [0.1, 0.15) is 68.3 Å². The van der Waals surface area contributed by atoms with Gasteiger partial charge in [-0.15, -0.1) is 0 Å². The second kappa shape index (κ2) is 22.1. The zero-order chi connectivity index (χ0) is 39.5. The summed E-state index contributed by atoms with van der Waals surface area (Å²) in [6, 6.07) is 5.91. The van der Waals surface area contributed by atoms with Gasteiger partial charge in [-0.2, -0.15) is 0 Å². The van der Waals surface area contributed by atoms with Crippen molar-refractivity contribution < 1.29 is 73.0 Å². The number of rotatable bonds is 26. The molecule has 1 heterocycles. The lowest BCUT2D eigenvalue weighted by Gasteiger charge is -2.20. The molecule has 4 atom stereocenters. The fourth-order valence-corrected chi connectivity index (χ4v) is 5.12. The van der Waals surface area contributed by atoms with Crippen LogP contribution in [0.15, 0.2) is 41.0 Å². The number of benzene rings is 1. The number of carbonyl (C=O) groups is 8. The number of nitrogens with one attached hydrogen (secondary N) is 3. The molecule has 0 radical (unpaired) electrons. The van der Waals surface area contributed by atoms with Crippen LogP contribution < -0.4 is 26.4 Å². The second-order valence-corrected chi connectivity index (χ2v) is 12.0. The standard InChI is InChI=1S/C34H44N4O15/c35-16-22-15-20(18-53-22)17-52-21-3-1-19(2-4-21)13-14-36-27(39)10-7-25(33(48)49)38-29(41)11-8-26(34(50)51)37-28(40)9-5-23(31(44)45)24(32(46)47)6-12-30(42)43/h1-4,15,18,23-26H,5-14,16-17,35H2,(H,36,39)(H,37,40)(H,38,41)(H,42,43)(H,44,45)(H,46,47)(H,48,49)(H,50,51)/t23-,24-,25-,26-/m0/s1. The number of hydrogen-bond acceptors (Lipinski definition) is 11. The maximum absolute atomic E-state index is 12.5. The Hall–Kier alpha value is -5.98. The monoisotopic (exact) mass is 748 g/mol. The summed E-state index contributed by atoms with van der Waals surface area (Å²) in [7, 11) is 0. The Balaban J connectivity index is 1.76. The maximum Gasteiger partial charge on any atom is 0.326 e. The van der Waals surface area contributed by atoms with E-state index >= 15 is 0 Å². The van der Waals surface area contributed by atoms with Gasteiger partial charge in [-0.1, -0.05) is 12.1 Å². The normalized spacial score (nSPS) is 13.1. The SMILES string of the molecule is NCc1cc(COc2ccc(CCNC(=O)CC[C@H](NC(=O)CC[C@H](NC(=O)CC[C@H](C(=O)O)[C@H](CCC(=O)O)C(=O)O)C(=O)O)C(=O)O)cc2)co1. The average Bonchev–Trinajstić information content (AvgIpc) is 3.57. The lowest BCUT2D eigenvalue weighted by molar-refractivity contribution is -0.155. The van der Waals surface area contributed by atoms with Crippen LogP contribution in [0, 0.1) is 11.8 Å². The number of aliphatic carboxylic acids is 5. The van der Waals surface area contributed by atoms with Gasteiger partial charge in [0.15, 0.2) is 0 Å². The molecule has 2 aromatic rings. The number of hydrogen-bond donors (Lipinski definition) is 9. The van der Waals surface area contributed by atoms with Crippen LogP contribution in [-0.2, 0) is 57.9 Å². The largest absolute Gasteiger partial charge is 0.489 e. The van der Waals surface area contributed by atoms with Crippen molar-refractivity contribution in [3.8, 4) is 5.75 Å². The molecule has 2 rings (SSSR count). The van der Waals surface area contributed by atoms with Gasteiger partial charge in [0.05, 0.1) is 24.6 Å². The molecule has 0 bridgehead atoms. The Kier molecular flexibility index (Phi) is 18.0. The maximum atomic E-state index is 12.5. The van der Waals surface area contributed by atoms with Gasteiger partial charge in [-0.3, -0.25) is 28.8 Å². The van der Waals surface area contributed by atoms with E-state index in [1.807, 2.05) is 12.1 Å².